The summed E-state index contributed by atoms with van der Waals surface area (Å²) in [6, 6.07) is 9.35. The van der Waals surface area contributed by atoms with E-state index < -0.39 is 9.84 Å². The fraction of sp³-hybridized carbons (Fsp3) is 0.0769. The standard InChI is InChI=1S/C13H11BrN2O3S/c1-20(18,19)10-5-2-4-9(8-10)16-13(17)11-6-3-7-15-12(11)14/h2-8H,1H3,(H,16,17). The van der Waals surface area contributed by atoms with Crippen LogP contribution in [0.15, 0.2) is 52.1 Å². The van der Waals surface area contributed by atoms with Gasteiger partial charge < -0.3 is 5.32 Å². The summed E-state index contributed by atoms with van der Waals surface area (Å²) in [5, 5.41) is 2.64. The third kappa shape index (κ3) is 3.43. The number of anilines is 1. The molecule has 7 heteroatoms. The van der Waals surface area contributed by atoms with Gasteiger partial charge in [0, 0.05) is 18.1 Å². The van der Waals surface area contributed by atoms with E-state index in [0.717, 1.165) is 6.26 Å². The van der Waals surface area contributed by atoms with Crippen LogP contribution in [0.4, 0.5) is 5.69 Å². The number of benzene rings is 1. The van der Waals surface area contributed by atoms with E-state index in [-0.39, 0.29) is 10.8 Å². The zero-order valence-corrected chi connectivity index (χ0v) is 12.9. The summed E-state index contributed by atoms with van der Waals surface area (Å²) in [5.74, 6) is -0.365. The van der Waals surface area contributed by atoms with Crippen LogP contribution in [0.5, 0.6) is 0 Å². The summed E-state index contributed by atoms with van der Waals surface area (Å²) in [6.45, 7) is 0. The lowest BCUT2D eigenvalue weighted by atomic mass is 10.2. The number of pyridine rings is 1. The molecule has 2 rings (SSSR count). The Hall–Kier alpha value is -1.73. The maximum Gasteiger partial charge on any atom is 0.258 e. The number of halogens is 1. The number of carbonyl (C=O) groups excluding carboxylic acids is 1. The lowest BCUT2D eigenvalue weighted by Gasteiger charge is -2.07. The number of carbonyl (C=O) groups is 1. The molecule has 0 unspecified atom stereocenters. The number of hydrogen-bond donors (Lipinski definition) is 1. The first-order chi connectivity index (χ1) is 9.38. The summed E-state index contributed by atoms with van der Waals surface area (Å²) < 4.78 is 23.4. The molecule has 104 valence electrons. The summed E-state index contributed by atoms with van der Waals surface area (Å²) in [6.07, 6.45) is 2.68. The fourth-order valence-corrected chi connectivity index (χ4v) is 2.66. The van der Waals surface area contributed by atoms with E-state index >= 15 is 0 Å². The van der Waals surface area contributed by atoms with Gasteiger partial charge in [-0.3, -0.25) is 4.79 Å². The van der Waals surface area contributed by atoms with Gasteiger partial charge in [-0.15, -0.1) is 0 Å². The monoisotopic (exact) mass is 354 g/mol. The molecule has 0 spiro atoms. The van der Waals surface area contributed by atoms with Crippen molar-refractivity contribution in [3.05, 3.63) is 52.8 Å². The number of amides is 1. The van der Waals surface area contributed by atoms with Crippen LogP contribution in [-0.4, -0.2) is 25.6 Å². The second-order valence-electron chi connectivity index (χ2n) is 4.10. The van der Waals surface area contributed by atoms with Crippen LogP contribution in [-0.2, 0) is 9.84 Å². The maximum absolute atomic E-state index is 12.1. The van der Waals surface area contributed by atoms with E-state index in [1.807, 2.05) is 0 Å². The van der Waals surface area contributed by atoms with E-state index in [1.165, 1.54) is 12.1 Å². The minimum atomic E-state index is -3.31. The molecule has 0 aliphatic rings. The van der Waals surface area contributed by atoms with Crippen molar-refractivity contribution in [2.45, 2.75) is 4.90 Å². The Labute approximate surface area is 125 Å². The number of nitrogens with one attached hydrogen (secondary N) is 1. The third-order valence-corrected chi connectivity index (χ3v) is 4.27. The van der Waals surface area contributed by atoms with E-state index in [9.17, 15) is 13.2 Å². The van der Waals surface area contributed by atoms with Crippen LogP contribution in [0.25, 0.3) is 0 Å². The minimum Gasteiger partial charge on any atom is -0.322 e. The maximum atomic E-state index is 12.1. The molecule has 1 N–H and O–H groups in total. The van der Waals surface area contributed by atoms with Crippen molar-refractivity contribution >= 4 is 37.4 Å². The van der Waals surface area contributed by atoms with Gasteiger partial charge in [0.1, 0.15) is 4.60 Å². The largest absolute Gasteiger partial charge is 0.322 e. The Morgan fingerprint density at radius 1 is 1.25 bits per heavy atom. The highest BCUT2D eigenvalue weighted by molar-refractivity contribution is 9.10. The molecule has 1 aromatic heterocycles. The van der Waals surface area contributed by atoms with Gasteiger partial charge in [-0.05, 0) is 46.3 Å². The number of aromatic nitrogens is 1. The Bertz CT molecular complexity index is 760. The zero-order valence-electron chi connectivity index (χ0n) is 10.5. The van der Waals surface area contributed by atoms with E-state index in [0.29, 0.717) is 15.9 Å². The highest BCUT2D eigenvalue weighted by Crippen LogP contribution is 2.18. The molecule has 1 amide bonds. The van der Waals surface area contributed by atoms with Gasteiger partial charge in [0.05, 0.1) is 10.5 Å². The predicted molar refractivity (Wildman–Crippen MR) is 79.4 cm³/mol. The van der Waals surface area contributed by atoms with Crippen molar-refractivity contribution in [3.8, 4) is 0 Å². The highest BCUT2D eigenvalue weighted by atomic mass is 79.9. The first-order valence-electron chi connectivity index (χ1n) is 5.60. The number of sulfone groups is 1. The van der Waals surface area contributed by atoms with E-state index in [2.05, 4.69) is 26.2 Å². The van der Waals surface area contributed by atoms with Gasteiger partial charge in [0.2, 0.25) is 0 Å². The highest BCUT2D eigenvalue weighted by Gasteiger charge is 2.12. The van der Waals surface area contributed by atoms with Crippen molar-refractivity contribution in [1.29, 1.82) is 0 Å². The van der Waals surface area contributed by atoms with Gasteiger partial charge in [-0.1, -0.05) is 6.07 Å². The first kappa shape index (κ1) is 14.7. The van der Waals surface area contributed by atoms with Gasteiger partial charge in [-0.25, -0.2) is 13.4 Å². The summed E-state index contributed by atoms with van der Waals surface area (Å²) >= 11 is 3.19. The molecular formula is C13H11BrN2O3S. The summed E-state index contributed by atoms with van der Waals surface area (Å²) in [4.78, 5) is 16.2. The molecule has 0 aliphatic heterocycles. The molecule has 0 atom stereocenters. The molecule has 2 aromatic rings. The van der Waals surface area contributed by atoms with Crippen LogP contribution in [0.1, 0.15) is 10.4 Å². The van der Waals surface area contributed by atoms with Crippen LogP contribution in [0.2, 0.25) is 0 Å². The average molecular weight is 355 g/mol. The molecule has 0 saturated carbocycles. The molecule has 0 bridgehead atoms. The number of nitrogens with zero attached hydrogens (tertiary/aromatic N) is 1. The first-order valence-corrected chi connectivity index (χ1v) is 8.28. The molecule has 20 heavy (non-hydrogen) atoms. The van der Waals surface area contributed by atoms with Crippen LogP contribution in [0, 0.1) is 0 Å². The van der Waals surface area contributed by atoms with Crippen molar-refractivity contribution in [3.63, 3.8) is 0 Å². The topological polar surface area (TPSA) is 76.1 Å². The predicted octanol–water partition coefficient (Wildman–Crippen LogP) is 2.50. The van der Waals surface area contributed by atoms with Gasteiger partial charge >= 0.3 is 0 Å². The van der Waals surface area contributed by atoms with Crippen molar-refractivity contribution in [2.75, 3.05) is 11.6 Å². The summed E-state index contributed by atoms with van der Waals surface area (Å²) in [7, 11) is -3.31. The minimum absolute atomic E-state index is 0.153. The number of rotatable bonds is 3. The lowest BCUT2D eigenvalue weighted by molar-refractivity contribution is 0.102. The average Bonchev–Trinajstić information content (AvgIpc) is 2.38. The normalized spacial score (nSPS) is 11.1. The van der Waals surface area contributed by atoms with E-state index in [4.69, 9.17) is 0 Å². The molecular weight excluding hydrogens is 344 g/mol. The second-order valence-corrected chi connectivity index (χ2v) is 6.86. The Morgan fingerprint density at radius 2 is 2.00 bits per heavy atom. The Kier molecular flexibility index (Phi) is 4.20. The quantitative estimate of drug-likeness (QED) is 0.859. The van der Waals surface area contributed by atoms with Crippen molar-refractivity contribution < 1.29 is 13.2 Å². The van der Waals surface area contributed by atoms with Crippen molar-refractivity contribution in [1.82, 2.24) is 4.98 Å². The van der Waals surface area contributed by atoms with Gasteiger partial charge in [-0.2, -0.15) is 0 Å². The second kappa shape index (κ2) is 5.72. The van der Waals surface area contributed by atoms with Crippen LogP contribution in [0.3, 0.4) is 0 Å². The Morgan fingerprint density at radius 3 is 2.65 bits per heavy atom. The zero-order chi connectivity index (χ0) is 14.8. The molecule has 0 radical (unpaired) electrons. The summed E-state index contributed by atoms with van der Waals surface area (Å²) in [5.41, 5.74) is 0.783. The van der Waals surface area contributed by atoms with Gasteiger partial charge in [0.25, 0.3) is 5.91 Å². The number of hydrogen-bond acceptors (Lipinski definition) is 4. The van der Waals surface area contributed by atoms with Crippen molar-refractivity contribution in [2.24, 2.45) is 0 Å². The molecule has 5 nitrogen and oxygen atoms in total. The van der Waals surface area contributed by atoms with E-state index in [1.54, 1.807) is 30.5 Å². The molecule has 0 aliphatic carbocycles. The van der Waals surface area contributed by atoms with Crippen LogP contribution < -0.4 is 5.32 Å². The molecule has 1 heterocycles. The SMILES string of the molecule is CS(=O)(=O)c1cccc(NC(=O)c2cccnc2Br)c1. The third-order valence-electron chi connectivity index (χ3n) is 2.52. The van der Waals surface area contributed by atoms with Crippen LogP contribution >= 0.6 is 15.9 Å². The van der Waals surface area contributed by atoms with Gasteiger partial charge in [0.15, 0.2) is 9.84 Å². The molecule has 0 fully saturated rings. The lowest BCUT2D eigenvalue weighted by Crippen LogP contribution is -2.13. The molecule has 0 saturated heterocycles. The smallest absolute Gasteiger partial charge is 0.258 e. The molecule has 1 aromatic carbocycles. The fourth-order valence-electron chi connectivity index (χ4n) is 1.56. The Balaban J connectivity index is 2.27.